The Balaban J connectivity index is 1.82. The molecule has 2 rings (SSSR count). The highest BCUT2D eigenvalue weighted by Gasteiger charge is 2.22. The SMILES string of the molecule is COC(=O)C(CNC(=O)CCC1CCNC1)c1ccccc1. The van der Waals surface area contributed by atoms with E-state index in [0.29, 0.717) is 12.3 Å². The minimum atomic E-state index is -0.455. The van der Waals surface area contributed by atoms with Crippen LogP contribution in [0.15, 0.2) is 30.3 Å². The molecular formula is C17H24N2O3. The third kappa shape index (κ3) is 4.84. The minimum Gasteiger partial charge on any atom is -0.468 e. The van der Waals surface area contributed by atoms with Crippen LogP contribution in [0.25, 0.3) is 0 Å². The Hall–Kier alpha value is -1.88. The molecule has 1 aliphatic rings. The van der Waals surface area contributed by atoms with Gasteiger partial charge in [-0.15, -0.1) is 0 Å². The highest BCUT2D eigenvalue weighted by atomic mass is 16.5. The van der Waals surface area contributed by atoms with E-state index in [2.05, 4.69) is 10.6 Å². The van der Waals surface area contributed by atoms with E-state index in [1.165, 1.54) is 7.11 Å². The lowest BCUT2D eigenvalue weighted by Crippen LogP contribution is -2.32. The van der Waals surface area contributed by atoms with E-state index in [-0.39, 0.29) is 18.4 Å². The highest BCUT2D eigenvalue weighted by molar-refractivity contribution is 5.80. The van der Waals surface area contributed by atoms with Gasteiger partial charge in [0, 0.05) is 13.0 Å². The molecule has 0 saturated carbocycles. The first-order valence-electron chi connectivity index (χ1n) is 7.81. The monoisotopic (exact) mass is 304 g/mol. The van der Waals surface area contributed by atoms with Gasteiger partial charge in [-0.3, -0.25) is 9.59 Å². The number of amides is 1. The molecule has 1 aliphatic heterocycles. The summed E-state index contributed by atoms with van der Waals surface area (Å²) >= 11 is 0. The molecule has 5 nitrogen and oxygen atoms in total. The van der Waals surface area contributed by atoms with Crippen molar-refractivity contribution < 1.29 is 14.3 Å². The lowest BCUT2D eigenvalue weighted by atomic mass is 9.99. The first kappa shape index (κ1) is 16.5. The Bertz CT molecular complexity index is 484. The van der Waals surface area contributed by atoms with E-state index in [1.807, 2.05) is 30.3 Å². The van der Waals surface area contributed by atoms with Crippen molar-refractivity contribution in [1.29, 1.82) is 0 Å². The fraction of sp³-hybridized carbons (Fsp3) is 0.529. The summed E-state index contributed by atoms with van der Waals surface area (Å²) in [4.78, 5) is 23.9. The number of methoxy groups -OCH3 is 1. The largest absolute Gasteiger partial charge is 0.468 e. The number of benzene rings is 1. The van der Waals surface area contributed by atoms with Gasteiger partial charge in [-0.25, -0.2) is 0 Å². The number of carbonyl (C=O) groups excluding carboxylic acids is 2. The second-order valence-corrected chi connectivity index (χ2v) is 5.69. The second-order valence-electron chi connectivity index (χ2n) is 5.69. The van der Waals surface area contributed by atoms with Crippen LogP contribution in [0.2, 0.25) is 0 Å². The molecule has 120 valence electrons. The summed E-state index contributed by atoms with van der Waals surface area (Å²) < 4.78 is 4.84. The number of ether oxygens (including phenoxy) is 1. The average molecular weight is 304 g/mol. The quantitative estimate of drug-likeness (QED) is 0.748. The van der Waals surface area contributed by atoms with Crippen LogP contribution in [0.1, 0.15) is 30.7 Å². The standard InChI is InChI=1S/C17H24N2O3/c1-22-17(21)15(14-5-3-2-4-6-14)12-19-16(20)8-7-13-9-10-18-11-13/h2-6,13,15,18H,7-12H2,1H3,(H,19,20). The molecule has 22 heavy (non-hydrogen) atoms. The molecular weight excluding hydrogens is 280 g/mol. The van der Waals surface area contributed by atoms with Crippen molar-refractivity contribution in [3.8, 4) is 0 Å². The topological polar surface area (TPSA) is 67.4 Å². The van der Waals surface area contributed by atoms with Gasteiger partial charge in [-0.1, -0.05) is 30.3 Å². The van der Waals surface area contributed by atoms with E-state index in [0.717, 1.165) is 31.5 Å². The molecule has 0 aliphatic carbocycles. The van der Waals surface area contributed by atoms with Crippen LogP contribution in [0, 0.1) is 5.92 Å². The summed E-state index contributed by atoms with van der Waals surface area (Å²) in [5, 5.41) is 6.16. The van der Waals surface area contributed by atoms with Gasteiger partial charge in [0.25, 0.3) is 0 Å². The zero-order valence-corrected chi connectivity index (χ0v) is 13.0. The van der Waals surface area contributed by atoms with Crippen molar-refractivity contribution >= 4 is 11.9 Å². The van der Waals surface area contributed by atoms with Crippen LogP contribution in [-0.4, -0.2) is 38.6 Å². The molecule has 0 spiro atoms. The molecule has 0 radical (unpaired) electrons. The van der Waals surface area contributed by atoms with Crippen molar-refractivity contribution in [2.75, 3.05) is 26.7 Å². The third-order valence-electron chi connectivity index (χ3n) is 4.13. The predicted octanol–water partition coefficient (Wildman–Crippen LogP) is 1.45. The molecule has 1 saturated heterocycles. The van der Waals surface area contributed by atoms with Crippen molar-refractivity contribution in [1.82, 2.24) is 10.6 Å². The lowest BCUT2D eigenvalue weighted by molar-refractivity contribution is -0.142. The predicted molar refractivity (Wildman–Crippen MR) is 84.4 cm³/mol. The van der Waals surface area contributed by atoms with Gasteiger partial charge in [0.15, 0.2) is 0 Å². The molecule has 1 amide bonds. The van der Waals surface area contributed by atoms with Crippen LogP contribution in [-0.2, 0) is 14.3 Å². The second kappa shape index (κ2) is 8.54. The van der Waals surface area contributed by atoms with Crippen LogP contribution in [0.4, 0.5) is 0 Å². The maximum atomic E-state index is 12.0. The molecule has 1 heterocycles. The van der Waals surface area contributed by atoms with Crippen LogP contribution in [0.3, 0.4) is 0 Å². The van der Waals surface area contributed by atoms with Gasteiger partial charge in [-0.05, 0) is 37.4 Å². The van der Waals surface area contributed by atoms with Gasteiger partial charge in [0.2, 0.25) is 5.91 Å². The average Bonchev–Trinajstić information content (AvgIpc) is 3.07. The first-order chi connectivity index (χ1) is 10.7. The van der Waals surface area contributed by atoms with Crippen molar-refractivity contribution in [3.05, 3.63) is 35.9 Å². The summed E-state index contributed by atoms with van der Waals surface area (Å²) in [6.07, 6.45) is 2.55. The smallest absolute Gasteiger partial charge is 0.314 e. The maximum absolute atomic E-state index is 12.0. The van der Waals surface area contributed by atoms with E-state index in [1.54, 1.807) is 0 Å². The maximum Gasteiger partial charge on any atom is 0.314 e. The normalized spacial score (nSPS) is 18.7. The molecule has 0 aromatic heterocycles. The number of esters is 1. The number of nitrogens with one attached hydrogen (secondary N) is 2. The Morgan fingerprint density at radius 1 is 1.36 bits per heavy atom. The lowest BCUT2D eigenvalue weighted by Gasteiger charge is -2.16. The number of hydrogen-bond acceptors (Lipinski definition) is 4. The molecule has 2 N–H and O–H groups in total. The Morgan fingerprint density at radius 2 is 2.14 bits per heavy atom. The van der Waals surface area contributed by atoms with Crippen LogP contribution < -0.4 is 10.6 Å². The van der Waals surface area contributed by atoms with Crippen LogP contribution in [0.5, 0.6) is 0 Å². The van der Waals surface area contributed by atoms with Crippen LogP contribution >= 0.6 is 0 Å². The fourth-order valence-electron chi connectivity index (χ4n) is 2.77. The van der Waals surface area contributed by atoms with E-state index >= 15 is 0 Å². The highest BCUT2D eigenvalue weighted by Crippen LogP contribution is 2.17. The summed E-state index contributed by atoms with van der Waals surface area (Å²) in [5.41, 5.74) is 0.856. The molecule has 1 aromatic rings. The van der Waals surface area contributed by atoms with Gasteiger partial charge in [-0.2, -0.15) is 0 Å². The summed E-state index contributed by atoms with van der Waals surface area (Å²) in [6.45, 7) is 2.32. The summed E-state index contributed by atoms with van der Waals surface area (Å²) in [6, 6.07) is 9.39. The molecule has 1 aromatic carbocycles. The van der Waals surface area contributed by atoms with Crippen molar-refractivity contribution in [2.24, 2.45) is 5.92 Å². The van der Waals surface area contributed by atoms with Crippen molar-refractivity contribution in [3.63, 3.8) is 0 Å². The molecule has 5 heteroatoms. The Labute approximate surface area is 131 Å². The zero-order chi connectivity index (χ0) is 15.8. The summed E-state index contributed by atoms with van der Waals surface area (Å²) in [5.74, 6) is -0.192. The number of carbonyl (C=O) groups is 2. The van der Waals surface area contributed by atoms with Gasteiger partial charge in [0.05, 0.1) is 13.0 Å². The first-order valence-corrected chi connectivity index (χ1v) is 7.81. The molecule has 2 atom stereocenters. The van der Waals surface area contributed by atoms with E-state index in [4.69, 9.17) is 4.74 Å². The number of rotatable bonds is 7. The zero-order valence-electron chi connectivity index (χ0n) is 13.0. The van der Waals surface area contributed by atoms with Gasteiger partial charge >= 0.3 is 5.97 Å². The molecule has 0 bridgehead atoms. The molecule has 2 unspecified atom stereocenters. The third-order valence-corrected chi connectivity index (χ3v) is 4.13. The van der Waals surface area contributed by atoms with Gasteiger partial charge in [0.1, 0.15) is 0 Å². The summed E-state index contributed by atoms with van der Waals surface area (Å²) in [7, 11) is 1.37. The van der Waals surface area contributed by atoms with Crippen molar-refractivity contribution in [2.45, 2.75) is 25.2 Å². The Morgan fingerprint density at radius 3 is 2.77 bits per heavy atom. The van der Waals surface area contributed by atoms with E-state index < -0.39 is 5.92 Å². The number of hydrogen-bond donors (Lipinski definition) is 2. The van der Waals surface area contributed by atoms with Gasteiger partial charge < -0.3 is 15.4 Å². The molecule has 1 fully saturated rings. The Kier molecular flexibility index (Phi) is 6.40. The minimum absolute atomic E-state index is 0.00302. The van der Waals surface area contributed by atoms with E-state index in [9.17, 15) is 9.59 Å². The fourth-order valence-corrected chi connectivity index (χ4v) is 2.77.